The van der Waals surface area contributed by atoms with Crippen LogP contribution in [0.2, 0.25) is 0 Å². The summed E-state index contributed by atoms with van der Waals surface area (Å²) in [5.74, 6) is 0. The molecule has 0 saturated carbocycles. The second-order valence-corrected chi connectivity index (χ2v) is 4.03. The van der Waals surface area contributed by atoms with Crippen LogP contribution in [0.5, 0.6) is 0 Å². The first-order valence-corrected chi connectivity index (χ1v) is 5.62. The summed E-state index contributed by atoms with van der Waals surface area (Å²) in [5, 5.41) is 4.30. The lowest BCUT2D eigenvalue weighted by molar-refractivity contribution is 0.129. The number of aromatic nitrogens is 1. The average molecular weight is 231 g/mol. The molecular weight excluding hydrogens is 214 g/mol. The summed E-state index contributed by atoms with van der Waals surface area (Å²) in [6.45, 7) is 2.76. The first-order valence-electron chi connectivity index (χ1n) is 5.62. The lowest BCUT2D eigenvalue weighted by atomic mass is 10.1. The predicted octanol–water partition coefficient (Wildman–Crippen LogP) is 2.26. The van der Waals surface area contributed by atoms with Gasteiger partial charge in [0.1, 0.15) is 0 Å². The van der Waals surface area contributed by atoms with Crippen LogP contribution < -0.4 is 11.1 Å². The highest BCUT2D eigenvalue weighted by Gasteiger charge is 2.06. The maximum absolute atomic E-state index is 5.91. The van der Waals surface area contributed by atoms with Crippen molar-refractivity contribution in [3.8, 4) is 0 Å². The van der Waals surface area contributed by atoms with Crippen LogP contribution in [0.4, 0.5) is 11.4 Å². The number of rotatable bonds is 4. The van der Waals surface area contributed by atoms with Gasteiger partial charge in [0.2, 0.25) is 0 Å². The highest BCUT2D eigenvalue weighted by molar-refractivity contribution is 5.98. The predicted molar refractivity (Wildman–Crippen MR) is 71.1 cm³/mol. The van der Waals surface area contributed by atoms with E-state index in [1.165, 1.54) is 0 Å². The van der Waals surface area contributed by atoms with Crippen LogP contribution in [0.3, 0.4) is 0 Å². The van der Waals surface area contributed by atoms with Crippen molar-refractivity contribution in [2.24, 2.45) is 0 Å². The number of hydrogen-bond acceptors (Lipinski definition) is 4. The van der Waals surface area contributed by atoms with E-state index in [4.69, 9.17) is 10.5 Å². The number of nitrogens with zero attached hydrogens (tertiary/aromatic N) is 1. The van der Waals surface area contributed by atoms with Crippen molar-refractivity contribution < 1.29 is 4.74 Å². The molecule has 0 bridgehead atoms. The van der Waals surface area contributed by atoms with Crippen molar-refractivity contribution in [3.63, 3.8) is 0 Å². The van der Waals surface area contributed by atoms with Gasteiger partial charge in [-0.25, -0.2) is 0 Å². The molecule has 0 spiro atoms. The van der Waals surface area contributed by atoms with E-state index >= 15 is 0 Å². The molecule has 1 aromatic heterocycles. The van der Waals surface area contributed by atoms with Crippen LogP contribution in [-0.2, 0) is 4.74 Å². The summed E-state index contributed by atoms with van der Waals surface area (Å²) in [5.41, 5.74) is 8.55. The minimum Gasteiger partial charge on any atom is -0.398 e. The molecule has 0 aliphatic heterocycles. The molecule has 3 N–H and O–H groups in total. The van der Waals surface area contributed by atoms with Gasteiger partial charge in [-0.1, -0.05) is 0 Å². The fraction of sp³-hybridized carbons (Fsp3) is 0.308. The third kappa shape index (κ3) is 2.47. The second-order valence-electron chi connectivity index (χ2n) is 4.03. The molecule has 0 aliphatic rings. The second kappa shape index (κ2) is 5.01. The van der Waals surface area contributed by atoms with E-state index in [1.807, 2.05) is 31.2 Å². The fourth-order valence-electron chi connectivity index (χ4n) is 1.67. The average Bonchev–Trinajstić information content (AvgIpc) is 2.38. The van der Waals surface area contributed by atoms with Crippen LogP contribution in [0.15, 0.2) is 30.5 Å². The quantitative estimate of drug-likeness (QED) is 0.792. The largest absolute Gasteiger partial charge is 0.398 e. The lowest BCUT2D eigenvalue weighted by Crippen LogP contribution is -2.18. The Kier molecular flexibility index (Phi) is 3.44. The van der Waals surface area contributed by atoms with Gasteiger partial charge < -0.3 is 15.8 Å². The SMILES string of the molecule is COC(C)CNc1ccc(N)c2cccnc12. The van der Waals surface area contributed by atoms with Gasteiger partial charge in [-0.05, 0) is 31.2 Å². The molecule has 2 rings (SSSR count). The summed E-state index contributed by atoms with van der Waals surface area (Å²) < 4.78 is 5.20. The number of hydrogen-bond donors (Lipinski definition) is 2. The molecule has 17 heavy (non-hydrogen) atoms. The van der Waals surface area contributed by atoms with Crippen LogP contribution in [-0.4, -0.2) is 24.7 Å². The van der Waals surface area contributed by atoms with E-state index < -0.39 is 0 Å². The number of anilines is 2. The van der Waals surface area contributed by atoms with Crippen LogP contribution in [0.1, 0.15) is 6.92 Å². The van der Waals surface area contributed by atoms with Crippen molar-refractivity contribution in [1.82, 2.24) is 4.98 Å². The normalized spacial score (nSPS) is 12.6. The zero-order valence-corrected chi connectivity index (χ0v) is 10.1. The Bertz CT molecular complexity index is 513. The van der Waals surface area contributed by atoms with E-state index in [1.54, 1.807) is 13.3 Å². The van der Waals surface area contributed by atoms with Gasteiger partial charge >= 0.3 is 0 Å². The molecule has 90 valence electrons. The third-order valence-electron chi connectivity index (χ3n) is 2.79. The molecule has 0 radical (unpaired) electrons. The third-order valence-corrected chi connectivity index (χ3v) is 2.79. The number of ether oxygens (including phenoxy) is 1. The summed E-state index contributed by atoms with van der Waals surface area (Å²) in [4.78, 5) is 4.36. The molecule has 1 heterocycles. The van der Waals surface area contributed by atoms with Gasteiger partial charge in [-0.15, -0.1) is 0 Å². The van der Waals surface area contributed by atoms with Crippen LogP contribution in [0.25, 0.3) is 10.9 Å². The van der Waals surface area contributed by atoms with Crippen LogP contribution in [0, 0.1) is 0 Å². The van der Waals surface area contributed by atoms with E-state index in [0.717, 1.165) is 28.8 Å². The van der Waals surface area contributed by atoms with Gasteiger partial charge in [0.15, 0.2) is 0 Å². The lowest BCUT2D eigenvalue weighted by Gasteiger charge is -2.13. The molecular formula is C13H17N3O. The van der Waals surface area contributed by atoms with Crippen molar-refractivity contribution in [3.05, 3.63) is 30.5 Å². The van der Waals surface area contributed by atoms with Gasteiger partial charge in [0.05, 0.1) is 17.3 Å². The number of fused-ring (bicyclic) bond motifs is 1. The minimum atomic E-state index is 0.159. The summed E-state index contributed by atoms with van der Waals surface area (Å²) in [7, 11) is 1.70. The Morgan fingerprint density at radius 2 is 2.24 bits per heavy atom. The number of nitrogens with two attached hydrogens (primary N) is 1. The maximum atomic E-state index is 5.91. The first-order chi connectivity index (χ1) is 8.22. The molecule has 4 heteroatoms. The monoisotopic (exact) mass is 231 g/mol. The van der Waals surface area contributed by atoms with Crippen molar-refractivity contribution in [2.45, 2.75) is 13.0 Å². The molecule has 4 nitrogen and oxygen atoms in total. The van der Waals surface area contributed by atoms with Crippen molar-refractivity contribution in [1.29, 1.82) is 0 Å². The van der Waals surface area contributed by atoms with Crippen molar-refractivity contribution >= 4 is 22.3 Å². The fourth-order valence-corrected chi connectivity index (χ4v) is 1.67. The first kappa shape index (κ1) is 11.7. The standard InChI is InChI=1S/C13H17N3O/c1-9(17-2)8-16-12-6-5-11(14)10-4-3-7-15-13(10)12/h3-7,9,16H,8,14H2,1-2H3. The Labute approximate surface area is 101 Å². The van der Waals surface area contributed by atoms with Gasteiger partial charge in [0.25, 0.3) is 0 Å². The topological polar surface area (TPSA) is 60.2 Å². The smallest absolute Gasteiger partial charge is 0.0953 e. The number of pyridine rings is 1. The molecule has 1 unspecified atom stereocenters. The van der Waals surface area contributed by atoms with Gasteiger partial charge in [0, 0.05) is 30.9 Å². The molecule has 1 atom stereocenters. The minimum absolute atomic E-state index is 0.159. The molecule has 0 fully saturated rings. The molecule has 2 aromatic rings. The van der Waals surface area contributed by atoms with E-state index in [0.29, 0.717) is 0 Å². The summed E-state index contributed by atoms with van der Waals surface area (Å²) in [6.07, 6.45) is 1.93. The molecule has 1 aromatic carbocycles. The van der Waals surface area contributed by atoms with Crippen LogP contribution >= 0.6 is 0 Å². The number of methoxy groups -OCH3 is 1. The number of benzene rings is 1. The van der Waals surface area contributed by atoms with Gasteiger partial charge in [-0.3, -0.25) is 4.98 Å². The summed E-state index contributed by atoms with van der Waals surface area (Å²) in [6, 6.07) is 7.71. The van der Waals surface area contributed by atoms with Crippen molar-refractivity contribution in [2.75, 3.05) is 24.7 Å². The Morgan fingerprint density at radius 1 is 1.41 bits per heavy atom. The summed E-state index contributed by atoms with van der Waals surface area (Å²) >= 11 is 0. The highest BCUT2D eigenvalue weighted by Crippen LogP contribution is 2.26. The Morgan fingerprint density at radius 3 is 3.00 bits per heavy atom. The molecule has 0 amide bonds. The zero-order valence-electron chi connectivity index (χ0n) is 10.1. The van der Waals surface area contributed by atoms with E-state index in [9.17, 15) is 0 Å². The zero-order chi connectivity index (χ0) is 12.3. The van der Waals surface area contributed by atoms with E-state index in [-0.39, 0.29) is 6.10 Å². The Balaban J connectivity index is 2.32. The highest BCUT2D eigenvalue weighted by atomic mass is 16.5. The number of nitrogen functional groups attached to an aromatic ring is 1. The molecule has 0 saturated heterocycles. The number of nitrogens with one attached hydrogen (secondary N) is 1. The maximum Gasteiger partial charge on any atom is 0.0953 e. The Hall–Kier alpha value is -1.81. The molecule has 0 aliphatic carbocycles. The van der Waals surface area contributed by atoms with Gasteiger partial charge in [-0.2, -0.15) is 0 Å². The van der Waals surface area contributed by atoms with E-state index in [2.05, 4.69) is 10.3 Å².